The van der Waals surface area contributed by atoms with E-state index in [1.54, 1.807) is 0 Å². The Morgan fingerprint density at radius 1 is 1.09 bits per heavy atom. The van der Waals surface area contributed by atoms with E-state index in [1.807, 2.05) is 6.92 Å². The van der Waals surface area contributed by atoms with Crippen LogP contribution in [0, 0.1) is 0 Å². The topological polar surface area (TPSA) is 45.7 Å². The highest BCUT2D eigenvalue weighted by atomic mass is 127. The quantitative estimate of drug-likeness (QED) is 0.265. The Morgan fingerprint density at radius 3 is 2.55 bits per heavy atom. The van der Waals surface area contributed by atoms with Gasteiger partial charge < -0.3 is 15.4 Å². The number of benzene rings is 1. The zero-order chi connectivity index (χ0) is 15.2. The summed E-state index contributed by atoms with van der Waals surface area (Å²) < 4.78 is 5.32. The van der Waals surface area contributed by atoms with E-state index in [0.29, 0.717) is 0 Å². The highest BCUT2D eigenvalue weighted by Gasteiger charge is 1.97. The number of guanidine groups is 1. The van der Waals surface area contributed by atoms with Crippen LogP contribution in [0.25, 0.3) is 0 Å². The summed E-state index contributed by atoms with van der Waals surface area (Å²) in [6.07, 6.45) is 3.15. The fraction of sp³-hybridized carbons (Fsp3) is 0.588. The molecule has 126 valence electrons. The summed E-state index contributed by atoms with van der Waals surface area (Å²) in [6, 6.07) is 10.6. The summed E-state index contributed by atoms with van der Waals surface area (Å²) in [4.78, 5) is 4.60. The third-order valence-corrected chi connectivity index (χ3v) is 3.04. The average Bonchev–Trinajstić information content (AvgIpc) is 2.52. The van der Waals surface area contributed by atoms with E-state index in [4.69, 9.17) is 4.74 Å². The van der Waals surface area contributed by atoms with Gasteiger partial charge in [0.25, 0.3) is 0 Å². The van der Waals surface area contributed by atoms with Gasteiger partial charge in [-0.25, -0.2) is 0 Å². The van der Waals surface area contributed by atoms with Crippen molar-refractivity contribution in [3.05, 3.63) is 35.9 Å². The van der Waals surface area contributed by atoms with Crippen molar-refractivity contribution < 1.29 is 4.74 Å². The van der Waals surface area contributed by atoms with Gasteiger partial charge in [-0.15, -0.1) is 24.0 Å². The van der Waals surface area contributed by atoms with Crippen LogP contribution in [-0.4, -0.2) is 38.8 Å². The first kappa shape index (κ1) is 21.2. The van der Waals surface area contributed by atoms with Gasteiger partial charge in [-0.2, -0.15) is 0 Å². The fourth-order valence-corrected chi connectivity index (χ4v) is 1.99. The van der Waals surface area contributed by atoms with Gasteiger partial charge in [0.15, 0.2) is 5.96 Å². The molecule has 4 nitrogen and oxygen atoms in total. The Labute approximate surface area is 152 Å². The van der Waals surface area contributed by atoms with Crippen molar-refractivity contribution in [2.75, 3.05) is 32.8 Å². The predicted molar refractivity (Wildman–Crippen MR) is 105 cm³/mol. The van der Waals surface area contributed by atoms with E-state index in [1.165, 1.54) is 5.56 Å². The van der Waals surface area contributed by atoms with Gasteiger partial charge in [-0.3, -0.25) is 4.99 Å². The maximum absolute atomic E-state index is 5.32. The molecule has 0 saturated carbocycles. The largest absolute Gasteiger partial charge is 0.382 e. The first-order chi connectivity index (χ1) is 10.4. The molecule has 0 aliphatic heterocycles. The van der Waals surface area contributed by atoms with E-state index in [9.17, 15) is 0 Å². The van der Waals surface area contributed by atoms with Crippen LogP contribution in [0.1, 0.15) is 32.3 Å². The minimum Gasteiger partial charge on any atom is -0.382 e. The van der Waals surface area contributed by atoms with E-state index >= 15 is 0 Å². The number of aryl methyl sites for hydroxylation is 1. The fourth-order valence-electron chi connectivity index (χ4n) is 1.99. The number of nitrogens with zero attached hydrogens (tertiary/aromatic N) is 1. The van der Waals surface area contributed by atoms with Gasteiger partial charge in [-0.1, -0.05) is 30.3 Å². The normalized spacial score (nSPS) is 10.9. The Balaban J connectivity index is 0.00000441. The molecule has 1 rings (SSSR count). The summed E-state index contributed by atoms with van der Waals surface area (Å²) >= 11 is 0. The highest BCUT2D eigenvalue weighted by molar-refractivity contribution is 14.0. The SMILES string of the molecule is CCNC(=NCCCc1ccccc1)NCCCOCC.I. The van der Waals surface area contributed by atoms with E-state index in [-0.39, 0.29) is 24.0 Å². The van der Waals surface area contributed by atoms with E-state index < -0.39 is 0 Å². The number of nitrogens with one attached hydrogen (secondary N) is 2. The molecule has 22 heavy (non-hydrogen) atoms. The van der Waals surface area contributed by atoms with Crippen LogP contribution in [0.5, 0.6) is 0 Å². The van der Waals surface area contributed by atoms with Crippen LogP contribution in [0.15, 0.2) is 35.3 Å². The molecule has 0 spiro atoms. The van der Waals surface area contributed by atoms with Gasteiger partial charge >= 0.3 is 0 Å². The van der Waals surface area contributed by atoms with Crippen molar-refractivity contribution in [3.63, 3.8) is 0 Å². The highest BCUT2D eigenvalue weighted by Crippen LogP contribution is 2.02. The van der Waals surface area contributed by atoms with E-state index in [2.05, 4.69) is 52.9 Å². The van der Waals surface area contributed by atoms with Crippen LogP contribution >= 0.6 is 24.0 Å². The summed E-state index contributed by atoms with van der Waals surface area (Å²) in [6.45, 7) is 8.31. The van der Waals surface area contributed by atoms with Gasteiger partial charge in [0.1, 0.15) is 0 Å². The first-order valence-corrected chi connectivity index (χ1v) is 8.00. The number of ether oxygens (including phenoxy) is 1. The Morgan fingerprint density at radius 2 is 1.86 bits per heavy atom. The van der Waals surface area contributed by atoms with Crippen molar-refractivity contribution in [1.82, 2.24) is 10.6 Å². The lowest BCUT2D eigenvalue weighted by atomic mass is 10.1. The number of hydrogen-bond acceptors (Lipinski definition) is 2. The average molecular weight is 419 g/mol. The molecule has 0 heterocycles. The standard InChI is InChI=1S/C17H29N3O.HI/c1-3-18-17(20-14-9-15-21-4-2)19-13-8-12-16-10-6-5-7-11-16;/h5-7,10-11H,3-4,8-9,12-15H2,1-2H3,(H2,18,19,20);1H. The smallest absolute Gasteiger partial charge is 0.191 e. The van der Waals surface area contributed by atoms with Crippen LogP contribution in [0.3, 0.4) is 0 Å². The summed E-state index contributed by atoms with van der Waals surface area (Å²) in [5, 5.41) is 6.61. The number of halogens is 1. The molecular weight excluding hydrogens is 389 g/mol. The van der Waals surface area contributed by atoms with Crippen LogP contribution in [0.4, 0.5) is 0 Å². The van der Waals surface area contributed by atoms with Gasteiger partial charge in [-0.05, 0) is 38.7 Å². The molecule has 2 N–H and O–H groups in total. The second-order valence-electron chi connectivity index (χ2n) is 4.83. The van der Waals surface area contributed by atoms with E-state index in [0.717, 1.165) is 58.1 Å². The number of hydrogen-bond donors (Lipinski definition) is 2. The number of aliphatic imine (C=N–C) groups is 1. The molecule has 0 aliphatic carbocycles. The molecule has 0 radical (unpaired) electrons. The first-order valence-electron chi connectivity index (χ1n) is 8.00. The van der Waals surface area contributed by atoms with Crippen LogP contribution in [0.2, 0.25) is 0 Å². The van der Waals surface area contributed by atoms with Crippen molar-refractivity contribution in [2.24, 2.45) is 4.99 Å². The summed E-state index contributed by atoms with van der Waals surface area (Å²) in [7, 11) is 0. The molecule has 0 fully saturated rings. The molecule has 0 aromatic heterocycles. The Bertz CT molecular complexity index is 385. The molecule has 0 amide bonds. The van der Waals surface area contributed by atoms with Crippen molar-refractivity contribution >= 4 is 29.9 Å². The lowest BCUT2D eigenvalue weighted by molar-refractivity contribution is 0.145. The third-order valence-electron chi connectivity index (χ3n) is 3.04. The van der Waals surface area contributed by atoms with Crippen LogP contribution < -0.4 is 10.6 Å². The third kappa shape index (κ3) is 10.8. The van der Waals surface area contributed by atoms with Crippen molar-refractivity contribution in [1.29, 1.82) is 0 Å². The molecule has 0 saturated heterocycles. The molecule has 1 aromatic carbocycles. The second-order valence-corrected chi connectivity index (χ2v) is 4.83. The predicted octanol–water partition coefficient (Wildman–Crippen LogP) is 3.22. The van der Waals surface area contributed by atoms with Gasteiger partial charge in [0.05, 0.1) is 0 Å². The van der Waals surface area contributed by atoms with Crippen LogP contribution in [-0.2, 0) is 11.2 Å². The molecule has 0 bridgehead atoms. The molecule has 1 aromatic rings. The molecule has 0 aliphatic rings. The van der Waals surface area contributed by atoms with Gasteiger partial charge in [0, 0.05) is 32.8 Å². The second kappa shape index (κ2) is 15.1. The Kier molecular flexibility index (Phi) is 14.5. The van der Waals surface area contributed by atoms with Crippen molar-refractivity contribution in [3.8, 4) is 0 Å². The molecule has 0 atom stereocenters. The maximum atomic E-state index is 5.32. The Hall–Kier alpha value is -0.820. The lowest BCUT2D eigenvalue weighted by Gasteiger charge is -2.11. The zero-order valence-corrected chi connectivity index (χ0v) is 16.1. The zero-order valence-electron chi connectivity index (χ0n) is 13.8. The lowest BCUT2D eigenvalue weighted by Crippen LogP contribution is -2.38. The van der Waals surface area contributed by atoms with Crippen molar-refractivity contribution in [2.45, 2.75) is 33.1 Å². The maximum Gasteiger partial charge on any atom is 0.191 e. The minimum atomic E-state index is 0. The molecule has 0 unspecified atom stereocenters. The molecule has 5 heteroatoms. The summed E-state index contributed by atoms with van der Waals surface area (Å²) in [5.41, 5.74) is 1.38. The monoisotopic (exact) mass is 419 g/mol. The summed E-state index contributed by atoms with van der Waals surface area (Å²) in [5.74, 6) is 0.905. The molecular formula is C17H30IN3O. The minimum absolute atomic E-state index is 0. The van der Waals surface area contributed by atoms with Gasteiger partial charge in [0.2, 0.25) is 0 Å². The number of rotatable bonds is 10.